The van der Waals surface area contributed by atoms with Gasteiger partial charge in [-0.05, 0) is 205 Å². The van der Waals surface area contributed by atoms with E-state index in [4.69, 9.17) is 9.97 Å². The smallest absolute Gasteiger partial charge is 0.0772 e. The zero-order valence-corrected chi connectivity index (χ0v) is 62.7. The minimum absolute atomic E-state index is 0.240. The Hall–Kier alpha value is -5.68. The molecule has 96 heavy (non-hydrogen) atoms. The largest absolute Gasteiger partial charge is 0.354 e. The predicted octanol–water partition coefficient (Wildman–Crippen LogP) is 22.8. The molecule has 7 aromatic rings. The fourth-order valence-corrected chi connectivity index (χ4v) is 16.9. The maximum Gasteiger partial charge on any atom is 0.0772 e. The van der Waals surface area contributed by atoms with Crippen molar-refractivity contribution < 1.29 is 0 Å². The first-order chi connectivity index (χ1) is 47.1. The van der Waals surface area contributed by atoms with Crippen molar-refractivity contribution in [3.63, 3.8) is 0 Å². The lowest BCUT2D eigenvalue weighted by atomic mass is 9.84. The zero-order valence-electron chi connectivity index (χ0n) is 62.7. The average Bonchev–Trinajstić information content (AvgIpc) is 1.57. The van der Waals surface area contributed by atoms with Gasteiger partial charge in [0.15, 0.2) is 0 Å². The Morgan fingerprint density at radius 2 is 0.448 bits per heavy atom. The summed E-state index contributed by atoms with van der Waals surface area (Å²) >= 11 is 0. The summed E-state index contributed by atoms with van der Waals surface area (Å²) < 4.78 is 0. The number of fused-ring (bicyclic) bond motifs is 20. The fourth-order valence-electron chi connectivity index (χ4n) is 16.9. The molecular weight excluding hydrogens is 1170 g/mol. The van der Waals surface area contributed by atoms with E-state index in [2.05, 4.69) is 222 Å². The molecule has 9 rings (SSSR count). The van der Waals surface area contributed by atoms with Crippen LogP contribution in [0, 0.1) is 0 Å². The normalized spacial score (nSPS) is 12.9. The van der Waals surface area contributed by atoms with Crippen molar-refractivity contribution in [2.24, 2.45) is 0 Å². The number of nitrogens with zero attached hydrogens (tertiary/aromatic N) is 7. The van der Waals surface area contributed by atoms with Crippen LogP contribution in [0.5, 0.6) is 0 Å². The Kier molecular flexibility index (Phi) is 29.5. The van der Waals surface area contributed by atoms with Crippen LogP contribution in [-0.4, -0.2) is 143 Å². The van der Waals surface area contributed by atoms with E-state index in [0.29, 0.717) is 0 Å². The summed E-state index contributed by atoms with van der Waals surface area (Å²) in [6.07, 6.45) is 21.4. The molecule has 522 valence electrons. The van der Waals surface area contributed by atoms with Gasteiger partial charge in [0.25, 0.3) is 0 Å². The third-order valence-corrected chi connectivity index (χ3v) is 22.8. The van der Waals surface area contributed by atoms with Gasteiger partial charge in [-0.1, -0.05) is 226 Å². The summed E-state index contributed by atoms with van der Waals surface area (Å²) in [5.41, 5.74) is 20.5. The number of unbranched alkanes of at least 4 members (excludes halogenated alkanes) is 3. The molecule has 0 saturated carbocycles. The fraction of sp³-hybridized carbons (Fsp3) is 0.586. The molecule has 2 N–H and O–H groups in total. The van der Waals surface area contributed by atoms with Crippen LogP contribution in [-0.2, 0) is 0 Å². The summed E-state index contributed by atoms with van der Waals surface area (Å²) in [5.74, 6) is 1.02. The number of H-pyrrole nitrogens is 2. The second-order valence-electron chi connectivity index (χ2n) is 28.3. The molecule has 8 bridgehead atoms. The molecule has 2 aliphatic heterocycles. The number of benzene rings is 4. The van der Waals surface area contributed by atoms with Crippen molar-refractivity contribution in [2.75, 3.05) is 98.2 Å². The van der Waals surface area contributed by atoms with Crippen LogP contribution in [0.15, 0.2) is 97.1 Å². The van der Waals surface area contributed by atoms with E-state index >= 15 is 0 Å². The Morgan fingerprint density at radius 1 is 0.260 bits per heavy atom. The van der Waals surface area contributed by atoms with Crippen molar-refractivity contribution in [3.05, 3.63) is 119 Å². The van der Waals surface area contributed by atoms with E-state index < -0.39 is 0 Å². The molecule has 9 nitrogen and oxygen atoms in total. The van der Waals surface area contributed by atoms with E-state index in [-0.39, 0.29) is 23.7 Å². The van der Waals surface area contributed by atoms with Crippen LogP contribution in [0.1, 0.15) is 258 Å². The summed E-state index contributed by atoms with van der Waals surface area (Å²) in [6, 6.07) is 38.2. The molecule has 0 saturated heterocycles. The summed E-state index contributed by atoms with van der Waals surface area (Å²) in [5, 5.41) is 5.24. The van der Waals surface area contributed by atoms with E-state index in [0.717, 1.165) is 207 Å². The monoisotopic (exact) mass is 1300 g/mol. The van der Waals surface area contributed by atoms with Gasteiger partial charge < -0.3 is 34.5 Å². The number of hydrogen-bond acceptors (Lipinski definition) is 7. The van der Waals surface area contributed by atoms with Crippen molar-refractivity contribution >= 4 is 43.6 Å². The minimum atomic E-state index is 0.240. The van der Waals surface area contributed by atoms with Gasteiger partial charge in [0.2, 0.25) is 0 Å². The topological polar surface area (TPSA) is 73.6 Å². The molecule has 0 spiro atoms. The second kappa shape index (κ2) is 38.0. The van der Waals surface area contributed by atoms with E-state index in [1.54, 1.807) is 0 Å². The van der Waals surface area contributed by atoms with Crippen LogP contribution in [0.3, 0.4) is 0 Å². The molecule has 0 amide bonds. The van der Waals surface area contributed by atoms with Crippen LogP contribution >= 0.6 is 0 Å². The number of aromatic amines is 2. The summed E-state index contributed by atoms with van der Waals surface area (Å²) in [4.78, 5) is 35.5. The highest BCUT2D eigenvalue weighted by Gasteiger charge is 2.35. The molecule has 0 aliphatic carbocycles. The number of hydrogen-bond donors (Lipinski definition) is 2. The first kappa shape index (κ1) is 74.5. The highest BCUT2D eigenvalue weighted by atomic mass is 15.1. The van der Waals surface area contributed by atoms with Gasteiger partial charge >= 0.3 is 0 Å². The van der Waals surface area contributed by atoms with Crippen LogP contribution in [0.25, 0.3) is 88.6 Å². The van der Waals surface area contributed by atoms with Crippen molar-refractivity contribution in [1.82, 2.24) is 44.4 Å². The Labute approximate surface area is 583 Å². The molecule has 0 radical (unpaired) electrons. The molecule has 0 fully saturated rings. The van der Waals surface area contributed by atoms with Gasteiger partial charge in [0.1, 0.15) is 0 Å². The van der Waals surface area contributed by atoms with Crippen molar-refractivity contribution in [2.45, 2.75) is 236 Å². The third kappa shape index (κ3) is 17.5. The Morgan fingerprint density at radius 3 is 0.635 bits per heavy atom. The molecule has 3 aromatic heterocycles. The summed E-state index contributed by atoms with van der Waals surface area (Å²) in [6.45, 7) is 46.8. The quantitative estimate of drug-likeness (QED) is 0.0394. The maximum atomic E-state index is 6.55. The lowest BCUT2D eigenvalue weighted by molar-refractivity contribution is 0.281. The van der Waals surface area contributed by atoms with Gasteiger partial charge in [-0.2, -0.15) is 0 Å². The minimum Gasteiger partial charge on any atom is -0.354 e. The molecule has 1 atom stereocenters. The highest BCUT2D eigenvalue weighted by molar-refractivity contribution is 6.14. The van der Waals surface area contributed by atoms with Gasteiger partial charge in [-0.25, -0.2) is 9.97 Å². The predicted molar refractivity (Wildman–Crippen MR) is 420 cm³/mol. The van der Waals surface area contributed by atoms with E-state index in [1.165, 1.54) is 124 Å². The SMILES string of the molecule is CCCCC(CCCC)c1c2nc(c(C(CCCN(CC)CC)CCCN(CC)CC)c3[nH]c(c(C(CCCC)CCCN(CC)CC)c4nc(c(C(CCCN(CC)CC)CCCN(CC)CC)c5[nH]c1c1ccccc51)-c1ccccc1-4)c1ccccc31)-c1ccccc1-2. The van der Waals surface area contributed by atoms with Crippen LogP contribution in [0.4, 0.5) is 0 Å². The number of nitrogens with one attached hydrogen (secondary N) is 2. The summed E-state index contributed by atoms with van der Waals surface area (Å²) in [7, 11) is 0. The van der Waals surface area contributed by atoms with Crippen LogP contribution in [0.2, 0.25) is 0 Å². The van der Waals surface area contributed by atoms with Gasteiger partial charge in [-0.3, -0.25) is 0 Å². The second-order valence-corrected chi connectivity index (χ2v) is 28.3. The molecule has 4 aromatic carbocycles. The van der Waals surface area contributed by atoms with E-state index in [9.17, 15) is 0 Å². The molecule has 2 aliphatic rings. The van der Waals surface area contributed by atoms with Gasteiger partial charge in [-0.15, -0.1) is 0 Å². The lowest BCUT2D eigenvalue weighted by Crippen LogP contribution is -2.25. The third-order valence-electron chi connectivity index (χ3n) is 22.8. The first-order valence-electron chi connectivity index (χ1n) is 39.6. The first-order valence-corrected chi connectivity index (χ1v) is 39.6. The zero-order chi connectivity index (χ0) is 67.9. The average molecular weight is 1300 g/mol. The number of rotatable bonds is 43. The molecule has 1 unspecified atom stereocenters. The number of aromatic nitrogens is 4. The van der Waals surface area contributed by atoms with Crippen LogP contribution < -0.4 is 0 Å². The Balaban J connectivity index is 1.58. The van der Waals surface area contributed by atoms with Crippen molar-refractivity contribution in [1.29, 1.82) is 0 Å². The van der Waals surface area contributed by atoms with Gasteiger partial charge in [0, 0.05) is 66.1 Å². The standard InChI is InChI=1S/C87H129N9/c1-14-27-43-64(44-28-15-2)76-80-68-51-30-34-55-72(68)84(88-80)78(66(47-39-60-93(19-6)20-7)48-40-61-94(21-8)22-9)86-74-57-36-32-53-70(74)82(90-86)77(65(45-29-16-3)46-38-59-92(17-4)18-5)83-71-54-33-37-58-75(71)87(91-83)79(85-73-56-35-31-52-69(73)81(76)89-85)67(49-41-62-95(23-10)24-11)50-42-63-96(25-12)26-13/h30-37,51-58,64-67,88,91H,14-29,38-50,59-63H2,1-13H3. The molecule has 5 heterocycles. The molecule has 9 heteroatoms. The van der Waals surface area contributed by atoms with E-state index in [1.807, 2.05) is 0 Å². The van der Waals surface area contributed by atoms with Crippen molar-refractivity contribution in [3.8, 4) is 45.0 Å². The lowest BCUT2D eigenvalue weighted by Gasteiger charge is -2.24. The van der Waals surface area contributed by atoms with Gasteiger partial charge in [0.05, 0.1) is 44.8 Å². The highest BCUT2D eigenvalue weighted by Crippen LogP contribution is 2.52. The Bertz CT molecular complexity index is 3580. The maximum absolute atomic E-state index is 6.55. The molecular formula is C87H129N9.